The Morgan fingerprint density at radius 2 is 1.73 bits per heavy atom. The van der Waals surface area contributed by atoms with Crippen molar-refractivity contribution in [3.05, 3.63) is 11.8 Å². The monoisotopic (exact) mass is 477 g/mol. The molecule has 3 aliphatic rings. The standard InChI is InChI=1S/C20H39N5O8/c1-20(28)8-30-19(14(27)17(20)24-2)33-16-12(23)6-11(22)15(13(16)26)32-18-10(21)5-4-9(31-18)7-25-29-3/h4,10-19,24-28H,5-8,21-23H2,1-3H3/t10-,11+,12-,13+,14-,15-,16+,17-,18-,19-,20+/m1/s1. The molecule has 192 valence electrons. The topological polar surface area (TPSA) is 209 Å². The summed E-state index contributed by atoms with van der Waals surface area (Å²) in [6, 6.07) is -2.40. The van der Waals surface area contributed by atoms with Crippen LogP contribution in [0.25, 0.3) is 0 Å². The maximum Gasteiger partial charge on any atom is 0.215 e. The fraction of sp³-hybridized carbons (Fsp3) is 0.900. The van der Waals surface area contributed by atoms with Crippen LogP contribution in [-0.2, 0) is 23.8 Å². The molecule has 0 bridgehead atoms. The summed E-state index contributed by atoms with van der Waals surface area (Å²) in [7, 11) is 3.11. The molecule has 0 amide bonds. The molecule has 33 heavy (non-hydrogen) atoms. The zero-order chi connectivity index (χ0) is 24.3. The molecule has 13 heteroatoms. The number of ether oxygens (including phenoxy) is 4. The predicted molar refractivity (Wildman–Crippen MR) is 116 cm³/mol. The van der Waals surface area contributed by atoms with Crippen molar-refractivity contribution in [3.63, 3.8) is 0 Å². The Morgan fingerprint density at radius 3 is 2.33 bits per heavy atom. The van der Waals surface area contributed by atoms with E-state index in [9.17, 15) is 15.3 Å². The van der Waals surface area contributed by atoms with Gasteiger partial charge in [0.05, 0.1) is 32.3 Å². The van der Waals surface area contributed by atoms with Crippen molar-refractivity contribution in [2.45, 2.75) is 86.5 Å². The van der Waals surface area contributed by atoms with Gasteiger partial charge in [0, 0.05) is 12.1 Å². The number of aliphatic hydroxyl groups is 3. The normalized spacial score (nSPS) is 46.5. The highest BCUT2D eigenvalue weighted by atomic mass is 16.7. The Bertz CT molecular complexity index is 670. The fourth-order valence-electron chi connectivity index (χ4n) is 4.56. The lowest BCUT2D eigenvalue weighted by Gasteiger charge is -2.48. The van der Waals surface area contributed by atoms with Crippen LogP contribution in [0.5, 0.6) is 0 Å². The second-order valence-electron chi connectivity index (χ2n) is 9.13. The molecule has 1 saturated carbocycles. The highest BCUT2D eigenvalue weighted by Crippen LogP contribution is 2.31. The van der Waals surface area contributed by atoms with Gasteiger partial charge in [-0.15, -0.1) is 0 Å². The van der Waals surface area contributed by atoms with Crippen molar-refractivity contribution in [2.75, 3.05) is 27.3 Å². The van der Waals surface area contributed by atoms with Crippen molar-refractivity contribution >= 4 is 0 Å². The van der Waals surface area contributed by atoms with E-state index in [2.05, 4.69) is 10.8 Å². The van der Waals surface area contributed by atoms with Crippen LogP contribution in [0.2, 0.25) is 0 Å². The van der Waals surface area contributed by atoms with E-state index in [0.29, 0.717) is 18.7 Å². The number of hydrogen-bond donors (Lipinski definition) is 8. The molecule has 0 aromatic carbocycles. The van der Waals surface area contributed by atoms with Crippen molar-refractivity contribution in [3.8, 4) is 0 Å². The Balaban J connectivity index is 1.67. The Labute approximate surface area is 193 Å². The zero-order valence-electron chi connectivity index (χ0n) is 19.3. The SMILES string of the molecule is CN[C@@H]1[C@@H](O)[C@@H](O[C@@H]2[C@@H](O)[C@H](O[C@H]3OC(CNOC)=CC[C@H]3N)[C@@H](N)C[C@H]2N)OC[C@]1(C)O. The number of likely N-dealkylation sites (N-methyl/N-ethyl adjacent to an activating group) is 1. The minimum atomic E-state index is -1.30. The smallest absolute Gasteiger partial charge is 0.215 e. The molecule has 2 aliphatic heterocycles. The molecule has 3 rings (SSSR count). The van der Waals surface area contributed by atoms with Gasteiger partial charge in [0.25, 0.3) is 0 Å². The van der Waals surface area contributed by atoms with E-state index >= 15 is 0 Å². The van der Waals surface area contributed by atoms with Gasteiger partial charge in [0.1, 0.15) is 35.8 Å². The number of hydroxylamine groups is 1. The van der Waals surface area contributed by atoms with Crippen LogP contribution in [-0.4, -0.2) is 109 Å². The van der Waals surface area contributed by atoms with Gasteiger partial charge in [-0.2, -0.15) is 5.48 Å². The van der Waals surface area contributed by atoms with Gasteiger partial charge in [-0.25, -0.2) is 0 Å². The fourth-order valence-corrected chi connectivity index (χ4v) is 4.56. The number of nitrogens with one attached hydrogen (secondary N) is 2. The second kappa shape index (κ2) is 11.2. The molecular formula is C20H39N5O8. The summed E-state index contributed by atoms with van der Waals surface area (Å²) in [5.41, 5.74) is 20.0. The third-order valence-corrected chi connectivity index (χ3v) is 6.41. The zero-order valence-corrected chi connectivity index (χ0v) is 19.3. The Morgan fingerprint density at radius 1 is 1.09 bits per heavy atom. The largest absolute Gasteiger partial charge is 0.466 e. The van der Waals surface area contributed by atoms with E-state index < -0.39 is 66.8 Å². The van der Waals surface area contributed by atoms with Gasteiger partial charge in [-0.05, 0) is 32.9 Å². The molecular weight excluding hydrogens is 438 g/mol. The van der Waals surface area contributed by atoms with Crippen molar-refractivity contribution in [1.82, 2.24) is 10.8 Å². The van der Waals surface area contributed by atoms with Crippen LogP contribution < -0.4 is 28.0 Å². The first-order chi connectivity index (χ1) is 15.6. The molecule has 0 radical (unpaired) electrons. The maximum atomic E-state index is 11.1. The van der Waals surface area contributed by atoms with Crippen LogP contribution in [0.3, 0.4) is 0 Å². The molecule has 11 N–H and O–H groups in total. The summed E-state index contributed by atoms with van der Waals surface area (Å²) in [5, 5.41) is 35.1. The summed E-state index contributed by atoms with van der Waals surface area (Å²) < 4.78 is 23.3. The van der Waals surface area contributed by atoms with Gasteiger partial charge in [0.2, 0.25) is 6.29 Å². The molecule has 0 unspecified atom stereocenters. The molecule has 0 spiro atoms. The number of rotatable bonds is 8. The first-order valence-corrected chi connectivity index (χ1v) is 11.2. The lowest BCUT2D eigenvalue weighted by molar-refractivity contribution is -0.303. The summed E-state index contributed by atoms with van der Waals surface area (Å²) >= 11 is 0. The third kappa shape index (κ3) is 6.01. The maximum absolute atomic E-state index is 11.1. The van der Waals surface area contributed by atoms with E-state index in [1.807, 2.05) is 6.08 Å². The summed E-state index contributed by atoms with van der Waals surface area (Å²) in [5.74, 6) is 0.593. The second-order valence-corrected chi connectivity index (χ2v) is 9.13. The van der Waals surface area contributed by atoms with Gasteiger partial charge < -0.3 is 61.6 Å². The lowest BCUT2D eigenvalue weighted by atomic mass is 9.84. The van der Waals surface area contributed by atoms with Gasteiger partial charge >= 0.3 is 0 Å². The van der Waals surface area contributed by atoms with Gasteiger partial charge in [-0.1, -0.05) is 0 Å². The molecule has 1 aliphatic carbocycles. The minimum Gasteiger partial charge on any atom is -0.466 e. The third-order valence-electron chi connectivity index (χ3n) is 6.41. The molecule has 1 saturated heterocycles. The van der Waals surface area contributed by atoms with Crippen molar-refractivity contribution in [1.29, 1.82) is 0 Å². The van der Waals surface area contributed by atoms with Crippen LogP contribution in [0, 0.1) is 0 Å². The van der Waals surface area contributed by atoms with Crippen molar-refractivity contribution in [2.24, 2.45) is 17.2 Å². The highest BCUT2D eigenvalue weighted by molar-refractivity contribution is 5.04. The van der Waals surface area contributed by atoms with E-state index in [4.69, 9.17) is 41.0 Å². The van der Waals surface area contributed by atoms with Crippen LogP contribution in [0.4, 0.5) is 0 Å². The Kier molecular flexibility index (Phi) is 9.05. The molecule has 2 fully saturated rings. The first kappa shape index (κ1) is 26.7. The summed E-state index contributed by atoms with van der Waals surface area (Å²) in [4.78, 5) is 4.84. The lowest BCUT2D eigenvalue weighted by Crippen LogP contribution is -2.68. The predicted octanol–water partition coefficient (Wildman–Crippen LogP) is -3.66. The van der Waals surface area contributed by atoms with E-state index in [-0.39, 0.29) is 13.0 Å². The molecule has 0 aromatic heterocycles. The van der Waals surface area contributed by atoms with Crippen LogP contribution >= 0.6 is 0 Å². The first-order valence-electron chi connectivity index (χ1n) is 11.2. The Hall–Kier alpha value is -0.940. The number of nitrogens with two attached hydrogens (primary N) is 3. The average molecular weight is 478 g/mol. The molecule has 11 atom stereocenters. The minimum absolute atomic E-state index is 0.0763. The highest BCUT2D eigenvalue weighted by Gasteiger charge is 2.50. The van der Waals surface area contributed by atoms with Gasteiger partial charge in [-0.3, -0.25) is 0 Å². The quantitative estimate of drug-likeness (QED) is 0.159. The van der Waals surface area contributed by atoms with Gasteiger partial charge in [0.15, 0.2) is 6.29 Å². The average Bonchev–Trinajstić information content (AvgIpc) is 2.75. The number of hydrogen-bond acceptors (Lipinski definition) is 13. The molecule has 13 nitrogen and oxygen atoms in total. The number of aliphatic hydroxyl groups excluding tert-OH is 2. The van der Waals surface area contributed by atoms with E-state index in [1.165, 1.54) is 7.11 Å². The molecule has 2 heterocycles. The summed E-state index contributed by atoms with van der Waals surface area (Å²) in [6.07, 6.45) is -3.60. The van der Waals surface area contributed by atoms with Crippen molar-refractivity contribution < 1.29 is 39.1 Å². The van der Waals surface area contributed by atoms with Crippen LogP contribution in [0.1, 0.15) is 19.8 Å². The van der Waals surface area contributed by atoms with E-state index in [0.717, 1.165) is 0 Å². The van der Waals surface area contributed by atoms with Crippen LogP contribution in [0.15, 0.2) is 11.8 Å². The summed E-state index contributed by atoms with van der Waals surface area (Å²) in [6.45, 7) is 1.80. The van der Waals surface area contributed by atoms with E-state index in [1.54, 1.807) is 14.0 Å². The molecule has 0 aromatic rings.